The van der Waals surface area contributed by atoms with Gasteiger partial charge in [0.2, 0.25) is 0 Å². The molecule has 116 valence electrons. The second-order valence-corrected chi connectivity index (χ2v) is 6.40. The summed E-state index contributed by atoms with van der Waals surface area (Å²) in [5.74, 6) is 0.802. The van der Waals surface area contributed by atoms with Gasteiger partial charge in [0.25, 0.3) is 5.91 Å². The van der Waals surface area contributed by atoms with Crippen molar-refractivity contribution in [1.82, 2.24) is 15.3 Å². The van der Waals surface area contributed by atoms with Crippen LogP contribution >= 0.6 is 11.6 Å². The highest BCUT2D eigenvalue weighted by Crippen LogP contribution is 2.24. The van der Waals surface area contributed by atoms with Crippen LogP contribution in [0.3, 0.4) is 0 Å². The molecule has 0 atom stereocenters. The normalized spacial score (nSPS) is 11.1. The standard InChI is InChI=1S/C16H19ClN4O/c1-10-18-13(15(22)21-16(2,3)4)9-14(19-10)20-12-8-6-5-7-11(12)17/h5-9H,1-4H3,(H,21,22)(H,18,19,20). The molecule has 0 aliphatic rings. The summed E-state index contributed by atoms with van der Waals surface area (Å²) < 4.78 is 0. The quantitative estimate of drug-likeness (QED) is 0.905. The molecular weight excluding hydrogens is 300 g/mol. The fourth-order valence-corrected chi connectivity index (χ4v) is 2.04. The van der Waals surface area contributed by atoms with Gasteiger partial charge in [-0.15, -0.1) is 0 Å². The number of rotatable bonds is 3. The number of halogens is 1. The maximum atomic E-state index is 12.2. The van der Waals surface area contributed by atoms with Crippen molar-refractivity contribution < 1.29 is 4.79 Å². The number of amides is 1. The number of hydrogen-bond donors (Lipinski definition) is 2. The summed E-state index contributed by atoms with van der Waals surface area (Å²) >= 11 is 6.12. The SMILES string of the molecule is Cc1nc(Nc2ccccc2Cl)cc(C(=O)NC(C)(C)C)n1. The molecule has 0 saturated heterocycles. The zero-order valence-electron chi connectivity index (χ0n) is 13.1. The lowest BCUT2D eigenvalue weighted by Crippen LogP contribution is -2.41. The van der Waals surface area contributed by atoms with E-state index in [-0.39, 0.29) is 11.4 Å². The highest BCUT2D eigenvalue weighted by Gasteiger charge is 2.17. The van der Waals surface area contributed by atoms with E-state index >= 15 is 0 Å². The summed E-state index contributed by atoms with van der Waals surface area (Å²) in [5.41, 5.74) is 0.716. The van der Waals surface area contributed by atoms with Gasteiger partial charge in [0.05, 0.1) is 10.7 Å². The third-order valence-corrected chi connectivity index (χ3v) is 3.03. The predicted molar refractivity (Wildman–Crippen MR) is 88.7 cm³/mol. The van der Waals surface area contributed by atoms with Crippen LogP contribution in [-0.2, 0) is 0 Å². The van der Waals surface area contributed by atoms with Gasteiger partial charge in [-0.25, -0.2) is 9.97 Å². The van der Waals surface area contributed by atoms with Crippen LogP contribution in [0.4, 0.5) is 11.5 Å². The van der Waals surface area contributed by atoms with Crippen molar-refractivity contribution in [2.45, 2.75) is 33.2 Å². The molecule has 0 saturated carbocycles. The van der Waals surface area contributed by atoms with E-state index < -0.39 is 0 Å². The van der Waals surface area contributed by atoms with Gasteiger partial charge in [-0.1, -0.05) is 23.7 Å². The van der Waals surface area contributed by atoms with Gasteiger partial charge in [-0.2, -0.15) is 0 Å². The van der Waals surface area contributed by atoms with Crippen LogP contribution in [-0.4, -0.2) is 21.4 Å². The molecule has 1 aromatic carbocycles. The van der Waals surface area contributed by atoms with Crippen LogP contribution in [0.1, 0.15) is 37.1 Å². The van der Waals surface area contributed by atoms with Gasteiger partial charge < -0.3 is 10.6 Å². The molecule has 0 bridgehead atoms. The number of nitrogens with zero attached hydrogens (tertiary/aromatic N) is 2. The molecule has 1 heterocycles. The third kappa shape index (κ3) is 4.43. The molecular formula is C16H19ClN4O. The van der Waals surface area contributed by atoms with Crippen LogP contribution in [0, 0.1) is 6.92 Å². The average Bonchev–Trinajstić information content (AvgIpc) is 2.39. The Morgan fingerprint density at radius 2 is 1.86 bits per heavy atom. The van der Waals surface area contributed by atoms with Crippen LogP contribution in [0.5, 0.6) is 0 Å². The number of carbonyl (C=O) groups excluding carboxylic acids is 1. The highest BCUT2D eigenvalue weighted by atomic mass is 35.5. The number of aryl methyl sites for hydroxylation is 1. The monoisotopic (exact) mass is 318 g/mol. The molecule has 0 fully saturated rings. The minimum atomic E-state index is -0.327. The molecule has 1 aromatic heterocycles. The van der Waals surface area contributed by atoms with Crippen molar-refractivity contribution in [3.63, 3.8) is 0 Å². The van der Waals surface area contributed by atoms with Gasteiger partial charge in [0, 0.05) is 11.6 Å². The molecule has 0 spiro atoms. The second-order valence-electron chi connectivity index (χ2n) is 5.99. The van der Waals surface area contributed by atoms with Crippen molar-refractivity contribution in [2.24, 2.45) is 0 Å². The smallest absolute Gasteiger partial charge is 0.270 e. The summed E-state index contributed by atoms with van der Waals surface area (Å²) in [6.45, 7) is 7.50. The van der Waals surface area contributed by atoms with Gasteiger partial charge in [-0.3, -0.25) is 4.79 Å². The number of anilines is 2. The van der Waals surface area contributed by atoms with Crippen molar-refractivity contribution in [1.29, 1.82) is 0 Å². The minimum Gasteiger partial charge on any atom is -0.346 e. The number of aromatic nitrogens is 2. The first-order valence-corrected chi connectivity index (χ1v) is 7.32. The van der Waals surface area contributed by atoms with E-state index in [0.29, 0.717) is 22.4 Å². The van der Waals surface area contributed by atoms with E-state index in [0.717, 1.165) is 5.69 Å². The summed E-state index contributed by atoms with van der Waals surface area (Å²) in [6, 6.07) is 8.95. The first kappa shape index (κ1) is 16.2. The largest absolute Gasteiger partial charge is 0.346 e. The maximum absolute atomic E-state index is 12.2. The van der Waals surface area contributed by atoms with Crippen molar-refractivity contribution in [2.75, 3.05) is 5.32 Å². The molecule has 1 amide bonds. The van der Waals surface area contributed by atoms with E-state index in [2.05, 4.69) is 20.6 Å². The average molecular weight is 319 g/mol. The lowest BCUT2D eigenvalue weighted by Gasteiger charge is -2.20. The van der Waals surface area contributed by atoms with Crippen LogP contribution in [0.15, 0.2) is 30.3 Å². The van der Waals surface area contributed by atoms with Crippen LogP contribution in [0.25, 0.3) is 0 Å². The number of benzene rings is 1. The zero-order chi connectivity index (χ0) is 16.3. The fourth-order valence-electron chi connectivity index (χ4n) is 1.85. The maximum Gasteiger partial charge on any atom is 0.270 e. The van der Waals surface area contributed by atoms with Crippen LogP contribution in [0.2, 0.25) is 5.02 Å². The van der Waals surface area contributed by atoms with Crippen molar-refractivity contribution >= 4 is 29.0 Å². The van der Waals surface area contributed by atoms with Crippen molar-refractivity contribution in [3.05, 3.63) is 46.9 Å². The topological polar surface area (TPSA) is 66.9 Å². The molecule has 2 N–H and O–H groups in total. The first-order chi connectivity index (χ1) is 10.2. The molecule has 2 rings (SSSR count). The summed E-state index contributed by atoms with van der Waals surface area (Å²) in [7, 11) is 0. The van der Waals surface area contributed by atoms with E-state index in [1.807, 2.05) is 39.0 Å². The van der Waals surface area contributed by atoms with E-state index in [1.54, 1.807) is 19.1 Å². The minimum absolute atomic E-state index is 0.236. The fraction of sp³-hybridized carbons (Fsp3) is 0.312. The second kappa shape index (κ2) is 6.32. The number of nitrogens with one attached hydrogen (secondary N) is 2. The molecule has 22 heavy (non-hydrogen) atoms. The molecule has 5 nitrogen and oxygen atoms in total. The molecule has 0 aliphatic carbocycles. The number of hydrogen-bond acceptors (Lipinski definition) is 4. The van der Waals surface area contributed by atoms with Gasteiger partial charge in [0.1, 0.15) is 17.3 Å². The van der Waals surface area contributed by atoms with E-state index in [9.17, 15) is 4.79 Å². The highest BCUT2D eigenvalue weighted by molar-refractivity contribution is 6.33. The Morgan fingerprint density at radius 3 is 2.50 bits per heavy atom. The van der Waals surface area contributed by atoms with Crippen molar-refractivity contribution in [3.8, 4) is 0 Å². The van der Waals surface area contributed by atoms with Gasteiger partial charge >= 0.3 is 0 Å². The molecule has 6 heteroatoms. The summed E-state index contributed by atoms with van der Waals surface area (Å²) in [6.07, 6.45) is 0. The Hall–Kier alpha value is -2.14. The van der Waals surface area contributed by atoms with Crippen LogP contribution < -0.4 is 10.6 Å². The van der Waals surface area contributed by atoms with Gasteiger partial charge in [0.15, 0.2) is 0 Å². The Kier molecular flexibility index (Phi) is 4.66. The zero-order valence-corrected chi connectivity index (χ0v) is 13.8. The Morgan fingerprint density at radius 1 is 1.18 bits per heavy atom. The summed E-state index contributed by atoms with van der Waals surface area (Å²) in [4.78, 5) is 20.7. The third-order valence-electron chi connectivity index (χ3n) is 2.70. The van der Waals surface area contributed by atoms with E-state index in [1.165, 1.54) is 0 Å². The Bertz CT molecular complexity index is 695. The molecule has 0 unspecified atom stereocenters. The molecule has 0 aliphatic heterocycles. The predicted octanol–water partition coefficient (Wildman–Crippen LogP) is 3.71. The lowest BCUT2D eigenvalue weighted by molar-refractivity contribution is 0.0914. The summed E-state index contributed by atoms with van der Waals surface area (Å²) in [5, 5.41) is 6.57. The van der Waals surface area contributed by atoms with Gasteiger partial charge in [-0.05, 0) is 39.8 Å². The Balaban J connectivity index is 2.27. The van der Waals surface area contributed by atoms with E-state index in [4.69, 9.17) is 11.6 Å². The first-order valence-electron chi connectivity index (χ1n) is 6.94. The lowest BCUT2D eigenvalue weighted by atomic mass is 10.1. The Labute approximate surface area is 135 Å². The number of para-hydroxylation sites is 1. The molecule has 2 aromatic rings. The molecule has 0 radical (unpaired) electrons. The number of carbonyl (C=O) groups is 1.